The van der Waals surface area contributed by atoms with Gasteiger partial charge < -0.3 is 4.74 Å². The second kappa shape index (κ2) is 8.68. The number of nitrogens with one attached hydrogen (secondary N) is 1. The molecule has 0 saturated heterocycles. The van der Waals surface area contributed by atoms with Crippen molar-refractivity contribution in [2.24, 2.45) is 0 Å². The van der Waals surface area contributed by atoms with Crippen molar-refractivity contribution < 1.29 is 17.9 Å². The summed E-state index contributed by atoms with van der Waals surface area (Å²) in [7, 11) is -3.92. The summed E-state index contributed by atoms with van der Waals surface area (Å²) in [6, 6.07) is 8.09. The quantitative estimate of drug-likeness (QED) is 0.551. The van der Waals surface area contributed by atoms with Gasteiger partial charge in [-0.15, -0.1) is 0 Å². The van der Waals surface area contributed by atoms with Crippen LogP contribution >= 0.6 is 11.6 Å². The minimum absolute atomic E-state index is 0.0964. The van der Waals surface area contributed by atoms with Gasteiger partial charge in [0.25, 0.3) is 10.0 Å². The van der Waals surface area contributed by atoms with E-state index in [4.69, 9.17) is 16.3 Å². The molecule has 8 nitrogen and oxygen atoms in total. The molecule has 0 atom stereocenters. The molecule has 0 saturated carbocycles. The summed E-state index contributed by atoms with van der Waals surface area (Å²) < 4.78 is 34.7. The Bertz CT molecular complexity index is 1200. The maximum absolute atomic E-state index is 13.0. The number of halogens is 1. The van der Waals surface area contributed by atoms with Gasteiger partial charge in [0.2, 0.25) is 0 Å². The maximum Gasteiger partial charge on any atom is 0.341 e. The lowest BCUT2D eigenvalue weighted by atomic mass is 9.87. The van der Waals surface area contributed by atoms with Crippen molar-refractivity contribution in [3.05, 3.63) is 65.1 Å². The summed E-state index contributed by atoms with van der Waals surface area (Å²) >= 11 is 6.05. The van der Waals surface area contributed by atoms with E-state index in [0.717, 1.165) is 5.56 Å². The van der Waals surface area contributed by atoms with E-state index in [1.807, 2.05) is 20.8 Å². The third kappa shape index (κ3) is 5.23. The molecular formula is C21H23ClN4O4S. The van der Waals surface area contributed by atoms with E-state index in [9.17, 15) is 13.2 Å². The Morgan fingerprint density at radius 1 is 1.19 bits per heavy atom. The molecular weight excluding hydrogens is 440 g/mol. The van der Waals surface area contributed by atoms with Gasteiger partial charge in [-0.25, -0.2) is 22.9 Å². The van der Waals surface area contributed by atoms with Crippen LogP contribution in [0, 0.1) is 0 Å². The molecule has 1 N–H and O–H groups in total. The van der Waals surface area contributed by atoms with E-state index >= 15 is 0 Å². The lowest BCUT2D eigenvalue weighted by molar-refractivity contribution is 0.0526. The highest BCUT2D eigenvalue weighted by Gasteiger charge is 2.21. The van der Waals surface area contributed by atoms with Crippen LogP contribution in [-0.4, -0.2) is 35.8 Å². The second-order valence-corrected chi connectivity index (χ2v) is 9.92. The van der Waals surface area contributed by atoms with Crippen molar-refractivity contribution in [2.45, 2.75) is 38.0 Å². The van der Waals surface area contributed by atoms with Crippen LogP contribution in [0.2, 0.25) is 5.02 Å². The van der Waals surface area contributed by atoms with Crippen LogP contribution in [0.15, 0.2) is 53.8 Å². The average molecular weight is 463 g/mol. The molecule has 0 unspecified atom stereocenters. The first-order valence-electron chi connectivity index (χ1n) is 9.52. The van der Waals surface area contributed by atoms with Crippen molar-refractivity contribution in [3.63, 3.8) is 0 Å². The minimum atomic E-state index is -3.92. The molecule has 0 spiro atoms. The number of aromatic nitrogens is 3. The Hall–Kier alpha value is -2.91. The first-order chi connectivity index (χ1) is 14.5. The zero-order valence-corrected chi connectivity index (χ0v) is 19.2. The largest absolute Gasteiger partial charge is 0.462 e. The second-order valence-electron chi connectivity index (χ2n) is 7.80. The molecule has 0 radical (unpaired) electrons. The molecule has 2 heterocycles. The smallest absolute Gasteiger partial charge is 0.341 e. The monoisotopic (exact) mass is 462 g/mol. The molecule has 0 amide bonds. The molecule has 3 rings (SSSR count). The Balaban J connectivity index is 1.95. The standard InChI is InChI=1S/C21H23ClN4O4S/c1-5-30-20(27)14-11-24-26(13-14)19-18(10-16(22)12-23-19)25-31(28,29)17-8-6-15(7-9-17)21(2,3)4/h6-13,25H,5H2,1-4H3. The fourth-order valence-corrected chi connectivity index (χ4v) is 4.00. The van der Waals surface area contributed by atoms with Gasteiger partial charge in [-0.1, -0.05) is 44.5 Å². The summed E-state index contributed by atoms with van der Waals surface area (Å²) in [4.78, 5) is 16.2. The van der Waals surface area contributed by atoms with Crippen LogP contribution in [0.5, 0.6) is 0 Å². The van der Waals surface area contributed by atoms with E-state index in [2.05, 4.69) is 14.8 Å². The molecule has 31 heavy (non-hydrogen) atoms. The zero-order chi connectivity index (χ0) is 22.8. The molecule has 0 aliphatic rings. The van der Waals surface area contributed by atoms with Crippen molar-refractivity contribution >= 4 is 33.3 Å². The fraction of sp³-hybridized carbons (Fsp3) is 0.286. The topological polar surface area (TPSA) is 103 Å². The summed E-state index contributed by atoms with van der Waals surface area (Å²) in [5.74, 6) is -0.376. The van der Waals surface area contributed by atoms with Gasteiger partial charge in [0.1, 0.15) is 0 Å². The summed E-state index contributed by atoms with van der Waals surface area (Å²) in [6.07, 6.45) is 4.08. The number of benzene rings is 1. The Morgan fingerprint density at radius 3 is 2.48 bits per heavy atom. The number of sulfonamides is 1. The lowest BCUT2D eigenvalue weighted by Gasteiger charge is -2.19. The van der Waals surface area contributed by atoms with Gasteiger partial charge in [0.05, 0.1) is 34.0 Å². The normalized spacial score (nSPS) is 11.9. The van der Waals surface area contributed by atoms with Gasteiger partial charge >= 0.3 is 5.97 Å². The predicted octanol–water partition coefficient (Wildman–Crippen LogP) is 4.20. The lowest BCUT2D eigenvalue weighted by Crippen LogP contribution is -2.16. The molecule has 10 heteroatoms. The van der Waals surface area contributed by atoms with E-state index in [0.29, 0.717) is 0 Å². The van der Waals surface area contributed by atoms with Crippen LogP contribution in [0.3, 0.4) is 0 Å². The molecule has 2 aromatic heterocycles. The van der Waals surface area contributed by atoms with Gasteiger partial charge in [-0.2, -0.15) is 5.10 Å². The third-order valence-corrected chi connectivity index (χ3v) is 6.01. The first kappa shape index (κ1) is 22.8. The highest BCUT2D eigenvalue weighted by Crippen LogP contribution is 2.27. The zero-order valence-electron chi connectivity index (χ0n) is 17.6. The third-order valence-electron chi connectivity index (χ3n) is 4.42. The minimum Gasteiger partial charge on any atom is -0.462 e. The van der Waals surface area contributed by atoms with Crippen LogP contribution in [0.4, 0.5) is 5.69 Å². The van der Waals surface area contributed by atoms with Crippen LogP contribution in [0.1, 0.15) is 43.6 Å². The van der Waals surface area contributed by atoms with Gasteiger partial charge in [0.15, 0.2) is 5.82 Å². The van der Waals surface area contributed by atoms with Gasteiger partial charge in [0, 0.05) is 12.4 Å². The predicted molar refractivity (Wildman–Crippen MR) is 118 cm³/mol. The van der Waals surface area contributed by atoms with Gasteiger partial charge in [-0.05, 0) is 36.1 Å². The fourth-order valence-electron chi connectivity index (χ4n) is 2.79. The van der Waals surface area contributed by atoms with E-state index in [1.54, 1.807) is 31.2 Å². The summed E-state index contributed by atoms with van der Waals surface area (Å²) in [5, 5.41) is 4.34. The number of esters is 1. The summed E-state index contributed by atoms with van der Waals surface area (Å²) in [5.41, 5.74) is 1.24. The van der Waals surface area contributed by atoms with Crippen LogP contribution in [-0.2, 0) is 20.2 Å². The number of anilines is 1. The number of pyridine rings is 1. The first-order valence-corrected chi connectivity index (χ1v) is 11.4. The number of carbonyl (C=O) groups is 1. The number of hydrogen-bond donors (Lipinski definition) is 1. The van der Waals surface area contributed by atoms with Crippen molar-refractivity contribution in [1.82, 2.24) is 14.8 Å². The number of nitrogens with zero attached hydrogens (tertiary/aromatic N) is 3. The average Bonchev–Trinajstić information content (AvgIpc) is 3.17. The van der Waals surface area contributed by atoms with Crippen molar-refractivity contribution in [2.75, 3.05) is 11.3 Å². The van der Waals surface area contributed by atoms with Gasteiger partial charge in [-0.3, -0.25) is 4.72 Å². The highest BCUT2D eigenvalue weighted by atomic mass is 35.5. The molecule has 164 valence electrons. The number of hydrogen-bond acceptors (Lipinski definition) is 6. The number of rotatable bonds is 6. The molecule has 0 aliphatic carbocycles. The van der Waals surface area contributed by atoms with E-state index in [-0.39, 0.29) is 39.0 Å². The number of carbonyl (C=O) groups excluding carboxylic acids is 1. The molecule has 0 fully saturated rings. The van der Waals surface area contributed by atoms with Crippen molar-refractivity contribution in [1.29, 1.82) is 0 Å². The van der Waals surface area contributed by atoms with E-state index in [1.165, 1.54) is 29.3 Å². The Labute approximate surface area is 186 Å². The number of ether oxygens (including phenoxy) is 1. The summed E-state index contributed by atoms with van der Waals surface area (Å²) in [6.45, 7) is 8.07. The molecule has 3 aromatic rings. The molecule has 0 bridgehead atoms. The van der Waals surface area contributed by atoms with Crippen molar-refractivity contribution in [3.8, 4) is 5.82 Å². The van der Waals surface area contributed by atoms with Crippen LogP contribution < -0.4 is 4.72 Å². The Morgan fingerprint density at radius 2 is 1.87 bits per heavy atom. The molecule has 0 aliphatic heterocycles. The maximum atomic E-state index is 13.0. The SMILES string of the molecule is CCOC(=O)c1cnn(-c2ncc(Cl)cc2NS(=O)(=O)c2ccc(C(C)(C)C)cc2)c1. The Kier molecular flexibility index (Phi) is 6.38. The van der Waals surface area contributed by atoms with Crippen LogP contribution in [0.25, 0.3) is 5.82 Å². The molecule has 1 aromatic carbocycles. The van der Waals surface area contributed by atoms with E-state index < -0.39 is 16.0 Å². The highest BCUT2D eigenvalue weighted by molar-refractivity contribution is 7.92.